The molecule has 3 N–H and O–H groups in total. The molecule has 0 fully saturated rings. The number of rotatable bonds is 49. The first kappa shape index (κ1) is 59.5. The van der Waals surface area contributed by atoms with Gasteiger partial charge >= 0.3 is 7.82 Å². The molecule has 0 saturated heterocycles. The average Bonchev–Trinajstić information content (AvgIpc) is 3.20. The number of nitrogens with one attached hydrogen (secondary N) is 1. The van der Waals surface area contributed by atoms with Crippen molar-refractivity contribution >= 4 is 13.7 Å². The Bertz CT molecular complexity index is 947. The number of hydrogen-bond acceptors (Lipinski definition) is 5. The van der Waals surface area contributed by atoms with Crippen LogP contribution in [0.25, 0.3) is 0 Å². The lowest BCUT2D eigenvalue weighted by atomic mass is 10.0. The van der Waals surface area contributed by atoms with E-state index < -0.39 is 20.0 Å². The summed E-state index contributed by atoms with van der Waals surface area (Å²) in [4.78, 5) is 23.2. The second-order valence-corrected chi connectivity index (χ2v) is 21.1. The van der Waals surface area contributed by atoms with Gasteiger partial charge in [-0.15, -0.1) is 0 Å². The highest BCUT2D eigenvalue weighted by Gasteiger charge is 2.28. The lowest BCUT2D eigenvalue weighted by Gasteiger charge is -2.26. The highest BCUT2D eigenvalue weighted by Crippen LogP contribution is 2.43. The molecule has 0 aliphatic carbocycles. The van der Waals surface area contributed by atoms with E-state index in [0.717, 1.165) is 38.5 Å². The summed E-state index contributed by atoms with van der Waals surface area (Å²) in [7, 11) is 1.63. The van der Waals surface area contributed by atoms with Gasteiger partial charge in [0, 0.05) is 6.42 Å². The molecule has 1 unspecified atom stereocenters. The van der Waals surface area contributed by atoms with Crippen LogP contribution in [0.5, 0.6) is 0 Å². The summed E-state index contributed by atoms with van der Waals surface area (Å²) in [5, 5.41) is 13.9. The van der Waals surface area contributed by atoms with Crippen molar-refractivity contribution in [3.05, 3.63) is 0 Å². The van der Waals surface area contributed by atoms with E-state index in [1.165, 1.54) is 205 Å². The van der Waals surface area contributed by atoms with E-state index in [1.807, 2.05) is 21.1 Å². The Morgan fingerprint density at radius 1 is 0.500 bits per heavy atom. The summed E-state index contributed by atoms with van der Waals surface area (Å²) in [5.74, 6) is -0.140. The lowest BCUT2D eigenvalue weighted by molar-refractivity contribution is -0.870. The van der Waals surface area contributed by atoms with Crippen molar-refractivity contribution in [2.45, 2.75) is 283 Å². The predicted octanol–water partition coefficient (Wildman–Crippen LogP) is 15.3. The van der Waals surface area contributed by atoms with Crippen molar-refractivity contribution in [1.29, 1.82) is 0 Å². The van der Waals surface area contributed by atoms with E-state index in [4.69, 9.17) is 9.05 Å². The number of phosphoric acid groups is 1. The molecular weight excluding hydrogens is 768 g/mol. The van der Waals surface area contributed by atoms with Crippen molar-refractivity contribution in [2.24, 2.45) is 0 Å². The fraction of sp³-hybridized carbons (Fsp3) is 0.980. The van der Waals surface area contributed by atoms with Crippen molar-refractivity contribution in [3.8, 4) is 0 Å². The summed E-state index contributed by atoms with van der Waals surface area (Å²) in [6.45, 7) is 4.90. The maximum absolute atomic E-state index is 12.9. The average molecular weight is 874 g/mol. The Morgan fingerprint density at radius 3 is 1.12 bits per heavy atom. The molecule has 0 rings (SSSR count). The fourth-order valence-corrected chi connectivity index (χ4v) is 8.90. The van der Waals surface area contributed by atoms with Crippen LogP contribution in [0.4, 0.5) is 0 Å². The monoisotopic (exact) mass is 874 g/mol. The lowest BCUT2D eigenvalue weighted by Crippen LogP contribution is -2.46. The molecule has 0 aliphatic rings. The summed E-state index contributed by atoms with van der Waals surface area (Å²) in [5.41, 5.74) is 0. The van der Waals surface area contributed by atoms with Crippen LogP contribution in [-0.2, 0) is 18.4 Å². The summed E-state index contributed by atoms with van der Waals surface area (Å²) < 4.78 is 23.6. The van der Waals surface area contributed by atoms with Gasteiger partial charge in [0.05, 0.1) is 39.9 Å². The smallest absolute Gasteiger partial charge is 0.391 e. The first-order chi connectivity index (χ1) is 29.0. The molecular formula is C51H106N2O6P+. The van der Waals surface area contributed by atoms with E-state index in [-0.39, 0.29) is 19.1 Å². The molecule has 0 radical (unpaired) electrons. The molecule has 0 heterocycles. The molecule has 360 valence electrons. The van der Waals surface area contributed by atoms with Crippen LogP contribution in [0.2, 0.25) is 0 Å². The third kappa shape index (κ3) is 45.5. The van der Waals surface area contributed by atoms with E-state index in [0.29, 0.717) is 23.9 Å². The molecule has 0 saturated carbocycles. The van der Waals surface area contributed by atoms with Gasteiger partial charge in [0.1, 0.15) is 13.2 Å². The molecule has 60 heavy (non-hydrogen) atoms. The van der Waals surface area contributed by atoms with E-state index >= 15 is 0 Å². The van der Waals surface area contributed by atoms with Crippen LogP contribution >= 0.6 is 7.82 Å². The standard InChI is InChI=1S/C51H105N2O6P/c1-6-8-10-12-14-16-17-18-19-20-21-22-23-24-25-26-27-28-29-30-31-32-33-34-35-37-39-41-43-45-51(55)52-49(48-59-60(56,57)58-47-46-53(3,4)5)50(54)44-42-40-38-36-15-13-11-9-7-2/h49-50,54H,6-48H2,1-5H3,(H-,52,55,56,57)/p+1/t49-,50+/m0/s1. The first-order valence-corrected chi connectivity index (χ1v) is 27.9. The summed E-state index contributed by atoms with van der Waals surface area (Å²) in [6, 6.07) is -0.752. The number of unbranched alkanes of at least 4 members (excludes halogenated alkanes) is 36. The van der Waals surface area contributed by atoms with Gasteiger partial charge in [-0.05, 0) is 12.8 Å². The summed E-state index contributed by atoms with van der Waals surface area (Å²) >= 11 is 0. The van der Waals surface area contributed by atoms with Crippen LogP contribution in [0.1, 0.15) is 271 Å². The van der Waals surface area contributed by atoms with Gasteiger partial charge in [-0.3, -0.25) is 13.8 Å². The molecule has 1 amide bonds. The quantitative estimate of drug-likeness (QED) is 0.0319. The number of carbonyl (C=O) groups is 1. The van der Waals surface area contributed by atoms with Crippen LogP contribution in [0, 0.1) is 0 Å². The number of phosphoric ester groups is 1. The Hall–Kier alpha value is -0.500. The van der Waals surface area contributed by atoms with Gasteiger partial charge in [0.2, 0.25) is 5.91 Å². The number of amides is 1. The van der Waals surface area contributed by atoms with Crippen LogP contribution in [0.15, 0.2) is 0 Å². The molecule has 0 aromatic carbocycles. The third-order valence-electron chi connectivity index (χ3n) is 12.4. The molecule has 9 heteroatoms. The molecule has 3 atom stereocenters. The minimum absolute atomic E-state index is 0.0783. The van der Waals surface area contributed by atoms with E-state index in [2.05, 4.69) is 19.2 Å². The molecule has 0 bridgehead atoms. The SMILES string of the molecule is CCCCCCCCCCCCCCCCCCCCCCCCCCCCCCCC(=O)N[C@@H](COP(=O)(O)OCC[N+](C)(C)C)[C@H](O)CCCCCCCCCCC. The number of aliphatic hydroxyl groups excluding tert-OH is 1. The number of nitrogens with zero attached hydrogens (tertiary/aromatic N) is 1. The fourth-order valence-electron chi connectivity index (χ4n) is 8.17. The zero-order valence-electron chi connectivity index (χ0n) is 41.0. The van der Waals surface area contributed by atoms with Gasteiger partial charge in [-0.1, -0.05) is 251 Å². The largest absolute Gasteiger partial charge is 0.472 e. The van der Waals surface area contributed by atoms with Crippen molar-refractivity contribution < 1.29 is 32.9 Å². The Labute approximate surface area is 374 Å². The van der Waals surface area contributed by atoms with Crippen molar-refractivity contribution in [2.75, 3.05) is 40.9 Å². The van der Waals surface area contributed by atoms with Crippen LogP contribution < -0.4 is 5.32 Å². The zero-order valence-corrected chi connectivity index (χ0v) is 41.9. The minimum atomic E-state index is -4.30. The number of aliphatic hydroxyl groups is 1. The van der Waals surface area contributed by atoms with Gasteiger partial charge in [0.15, 0.2) is 0 Å². The molecule has 8 nitrogen and oxygen atoms in total. The minimum Gasteiger partial charge on any atom is -0.391 e. The molecule has 0 aromatic rings. The summed E-state index contributed by atoms with van der Waals surface area (Å²) in [6.07, 6.45) is 50.3. The Kier molecular flexibility index (Phi) is 43.4. The Morgan fingerprint density at radius 2 is 0.800 bits per heavy atom. The van der Waals surface area contributed by atoms with Crippen molar-refractivity contribution in [1.82, 2.24) is 5.32 Å². The van der Waals surface area contributed by atoms with Gasteiger partial charge in [-0.25, -0.2) is 4.57 Å². The van der Waals surface area contributed by atoms with Crippen LogP contribution in [0.3, 0.4) is 0 Å². The molecule has 0 aromatic heterocycles. The maximum Gasteiger partial charge on any atom is 0.472 e. The van der Waals surface area contributed by atoms with Crippen LogP contribution in [-0.4, -0.2) is 73.4 Å². The second kappa shape index (κ2) is 43.7. The van der Waals surface area contributed by atoms with Gasteiger partial charge < -0.3 is 19.8 Å². The van der Waals surface area contributed by atoms with Gasteiger partial charge in [-0.2, -0.15) is 0 Å². The highest BCUT2D eigenvalue weighted by molar-refractivity contribution is 7.47. The van der Waals surface area contributed by atoms with Crippen molar-refractivity contribution in [3.63, 3.8) is 0 Å². The normalized spacial score (nSPS) is 14.1. The first-order valence-electron chi connectivity index (χ1n) is 26.4. The maximum atomic E-state index is 12.9. The highest BCUT2D eigenvalue weighted by atomic mass is 31.2. The predicted molar refractivity (Wildman–Crippen MR) is 259 cm³/mol. The number of quaternary nitrogens is 1. The third-order valence-corrected chi connectivity index (χ3v) is 13.3. The number of hydrogen-bond donors (Lipinski definition) is 3. The molecule has 0 spiro atoms. The van der Waals surface area contributed by atoms with Gasteiger partial charge in [0.25, 0.3) is 0 Å². The number of likely N-dealkylation sites (N-methyl/N-ethyl adjacent to an activating group) is 1. The molecule has 0 aliphatic heterocycles. The Balaban J connectivity index is 3.92. The van der Waals surface area contributed by atoms with E-state index in [1.54, 1.807) is 0 Å². The topological polar surface area (TPSA) is 105 Å². The van der Waals surface area contributed by atoms with E-state index in [9.17, 15) is 19.4 Å². The number of carbonyl (C=O) groups excluding carboxylic acids is 1. The second-order valence-electron chi connectivity index (χ2n) is 19.6. The zero-order chi connectivity index (χ0) is 44.3.